The van der Waals surface area contributed by atoms with Crippen LogP contribution in [0.3, 0.4) is 0 Å². The van der Waals surface area contributed by atoms with Crippen LogP contribution in [0.4, 0.5) is 4.39 Å². The molecule has 1 atom stereocenters. The lowest BCUT2D eigenvalue weighted by atomic mass is 9.95. The summed E-state index contributed by atoms with van der Waals surface area (Å²) in [5, 5.41) is 13.0. The SMILES string of the molecule is Cc1ccc(F)cc1/C=C1/C(=O)NN=C(O)C1C. The summed E-state index contributed by atoms with van der Waals surface area (Å²) in [5.41, 5.74) is 4.03. The number of aliphatic hydroxyl groups excluding tert-OH is 1. The minimum Gasteiger partial charge on any atom is -0.495 e. The number of benzene rings is 1. The van der Waals surface area contributed by atoms with Gasteiger partial charge in [-0.15, -0.1) is 5.10 Å². The van der Waals surface area contributed by atoms with E-state index in [1.165, 1.54) is 12.1 Å². The van der Waals surface area contributed by atoms with Crippen LogP contribution in [0, 0.1) is 18.7 Å². The molecule has 4 nitrogen and oxygen atoms in total. The van der Waals surface area contributed by atoms with Gasteiger partial charge in [0, 0.05) is 5.57 Å². The van der Waals surface area contributed by atoms with Gasteiger partial charge in [-0.05, 0) is 43.2 Å². The Morgan fingerprint density at radius 2 is 2.22 bits per heavy atom. The number of hydrogen-bond acceptors (Lipinski definition) is 2. The number of nitrogens with zero attached hydrogens (tertiary/aromatic N) is 1. The van der Waals surface area contributed by atoms with Crippen LogP contribution < -0.4 is 5.43 Å². The first-order chi connectivity index (χ1) is 8.49. The van der Waals surface area contributed by atoms with Gasteiger partial charge < -0.3 is 5.11 Å². The third-order valence-corrected chi connectivity index (χ3v) is 2.94. The highest BCUT2D eigenvalue weighted by Gasteiger charge is 2.26. The maximum atomic E-state index is 13.2. The third kappa shape index (κ3) is 2.25. The van der Waals surface area contributed by atoms with Gasteiger partial charge in [0.2, 0.25) is 5.90 Å². The first kappa shape index (κ1) is 12.3. The molecule has 0 spiro atoms. The van der Waals surface area contributed by atoms with E-state index in [4.69, 9.17) is 0 Å². The van der Waals surface area contributed by atoms with Crippen molar-refractivity contribution < 1.29 is 14.3 Å². The fourth-order valence-electron chi connectivity index (χ4n) is 1.73. The van der Waals surface area contributed by atoms with Crippen LogP contribution in [0.2, 0.25) is 0 Å². The van der Waals surface area contributed by atoms with Gasteiger partial charge in [0.1, 0.15) is 5.82 Å². The molecule has 0 bridgehead atoms. The monoisotopic (exact) mass is 248 g/mol. The second-order valence-corrected chi connectivity index (χ2v) is 4.23. The van der Waals surface area contributed by atoms with Crippen molar-refractivity contribution in [3.63, 3.8) is 0 Å². The highest BCUT2D eigenvalue weighted by molar-refractivity contribution is 6.05. The van der Waals surface area contributed by atoms with E-state index in [1.807, 2.05) is 6.92 Å². The molecule has 1 unspecified atom stereocenters. The van der Waals surface area contributed by atoms with Gasteiger partial charge in [0.15, 0.2) is 0 Å². The zero-order valence-electron chi connectivity index (χ0n) is 10.1. The first-order valence-electron chi connectivity index (χ1n) is 5.53. The van der Waals surface area contributed by atoms with Crippen LogP contribution in [-0.2, 0) is 4.79 Å². The normalized spacial score (nSPS) is 21.7. The lowest BCUT2D eigenvalue weighted by Crippen LogP contribution is -2.34. The van der Waals surface area contributed by atoms with Crippen molar-refractivity contribution in [3.05, 3.63) is 40.7 Å². The van der Waals surface area contributed by atoms with Gasteiger partial charge in [-0.3, -0.25) is 4.79 Å². The Morgan fingerprint density at radius 3 is 2.94 bits per heavy atom. The van der Waals surface area contributed by atoms with Crippen LogP contribution in [0.1, 0.15) is 18.1 Å². The summed E-state index contributed by atoms with van der Waals surface area (Å²) in [6, 6.07) is 4.35. The van der Waals surface area contributed by atoms with E-state index >= 15 is 0 Å². The molecule has 0 fully saturated rings. The summed E-state index contributed by atoms with van der Waals surface area (Å²) in [6.07, 6.45) is 1.57. The molecule has 1 aromatic rings. The molecule has 0 aromatic heterocycles. The van der Waals surface area contributed by atoms with Crippen LogP contribution in [0.15, 0.2) is 28.9 Å². The van der Waals surface area contributed by atoms with Gasteiger partial charge in [0.05, 0.1) is 5.92 Å². The summed E-state index contributed by atoms with van der Waals surface area (Å²) < 4.78 is 13.2. The maximum Gasteiger partial charge on any atom is 0.268 e. The minimum atomic E-state index is -0.499. The van der Waals surface area contributed by atoms with Gasteiger partial charge in [-0.25, -0.2) is 9.82 Å². The van der Waals surface area contributed by atoms with Crippen molar-refractivity contribution in [2.24, 2.45) is 11.0 Å². The number of hydrogen-bond donors (Lipinski definition) is 2. The molecule has 2 N–H and O–H groups in total. The highest BCUT2D eigenvalue weighted by atomic mass is 19.1. The molecule has 0 saturated heterocycles. The van der Waals surface area contributed by atoms with E-state index in [-0.39, 0.29) is 17.6 Å². The van der Waals surface area contributed by atoms with Gasteiger partial charge >= 0.3 is 0 Å². The molecule has 18 heavy (non-hydrogen) atoms. The number of halogens is 1. The molecule has 5 heteroatoms. The quantitative estimate of drug-likeness (QED) is 0.748. The molecule has 1 aliphatic heterocycles. The molecule has 0 saturated carbocycles. The number of rotatable bonds is 1. The second-order valence-electron chi connectivity index (χ2n) is 4.23. The van der Waals surface area contributed by atoms with Crippen molar-refractivity contribution in [1.29, 1.82) is 0 Å². The van der Waals surface area contributed by atoms with Crippen LogP contribution in [0.25, 0.3) is 6.08 Å². The molecule has 0 aliphatic carbocycles. The lowest BCUT2D eigenvalue weighted by Gasteiger charge is -2.18. The van der Waals surface area contributed by atoms with Crippen molar-refractivity contribution >= 4 is 17.9 Å². The maximum absolute atomic E-state index is 13.2. The number of nitrogens with one attached hydrogen (secondary N) is 1. The van der Waals surface area contributed by atoms with E-state index in [0.717, 1.165) is 5.56 Å². The van der Waals surface area contributed by atoms with E-state index in [0.29, 0.717) is 11.1 Å². The minimum absolute atomic E-state index is 0.157. The molecule has 94 valence electrons. The Hall–Kier alpha value is -2.17. The lowest BCUT2D eigenvalue weighted by molar-refractivity contribution is -0.118. The van der Waals surface area contributed by atoms with Crippen LogP contribution in [-0.4, -0.2) is 16.9 Å². The predicted octanol–water partition coefficient (Wildman–Crippen LogP) is 2.15. The highest BCUT2D eigenvalue weighted by Crippen LogP contribution is 2.21. The molecule has 0 radical (unpaired) electrons. The van der Waals surface area contributed by atoms with E-state index in [2.05, 4.69) is 10.5 Å². The first-order valence-corrected chi connectivity index (χ1v) is 5.53. The summed E-state index contributed by atoms with van der Waals surface area (Å²) in [5.74, 6) is -1.41. The number of aryl methyl sites for hydroxylation is 1. The fourth-order valence-corrected chi connectivity index (χ4v) is 1.73. The summed E-state index contributed by atoms with van der Waals surface area (Å²) in [4.78, 5) is 11.7. The Balaban J connectivity index is 2.46. The number of carbonyl (C=O) groups is 1. The average Bonchev–Trinajstić information content (AvgIpc) is 2.34. The molecule has 1 amide bonds. The van der Waals surface area contributed by atoms with Crippen molar-refractivity contribution in [1.82, 2.24) is 5.43 Å². The molecular weight excluding hydrogens is 235 g/mol. The van der Waals surface area contributed by atoms with Gasteiger partial charge in [-0.2, -0.15) is 0 Å². The second kappa shape index (κ2) is 4.60. The van der Waals surface area contributed by atoms with Crippen molar-refractivity contribution in [3.8, 4) is 0 Å². The molecular formula is C13H13FN2O2. The van der Waals surface area contributed by atoms with E-state index < -0.39 is 5.92 Å². The number of carbonyl (C=O) groups excluding carboxylic acids is 1. The summed E-state index contributed by atoms with van der Waals surface area (Å²) >= 11 is 0. The number of hydrazone groups is 1. The number of amides is 1. The predicted molar refractivity (Wildman–Crippen MR) is 66.5 cm³/mol. The number of aliphatic hydroxyl groups is 1. The topological polar surface area (TPSA) is 61.7 Å². The van der Waals surface area contributed by atoms with Crippen LogP contribution in [0.5, 0.6) is 0 Å². The van der Waals surface area contributed by atoms with Crippen LogP contribution >= 0.6 is 0 Å². The Labute approximate surface area is 104 Å². The standard InChI is InChI=1S/C13H13FN2O2/c1-7-3-4-10(14)5-9(7)6-11-8(2)12(17)15-16-13(11)18/h3-6,8H,1-2H3,(H,15,17)(H,16,18)/b11-6+. The third-order valence-electron chi connectivity index (χ3n) is 2.94. The van der Waals surface area contributed by atoms with Gasteiger partial charge in [-0.1, -0.05) is 6.07 Å². The van der Waals surface area contributed by atoms with Crippen molar-refractivity contribution in [2.75, 3.05) is 0 Å². The van der Waals surface area contributed by atoms with E-state index in [9.17, 15) is 14.3 Å². The Kier molecular flexibility index (Phi) is 3.14. The largest absolute Gasteiger partial charge is 0.495 e. The molecule has 1 heterocycles. The Bertz CT molecular complexity index is 564. The fraction of sp³-hybridized carbons (Fsp3) is 0.231. The molecule has 1 aliphatic rings. The van der Waals surface area contributed by atoms with Gasteiger partial charge in [0.25, 0.3) is 5.91 Å². The van der Waals surface area contributed by atoms with E-state index in [1.54, 1.807) is 19.1 Å². The smallest absolute Gasteiger partial charge is 0.268 e. The average molecular weight is 248 g/mol. The zero-order valence-corrected chi connectivity index (χ0v) is 10.1. The summed E-state index contributed by atoms with van der Waals surface area (Å²) in [7, 11) is 0. The summed E-state index contributed by atoms with van der Waals surface area (Å²) in [6.45, 7) is 3.49. The zero-order chi connectivity index (χ0) is 13.3. The molecule has 2 rings (SSSR count). The van der Waals surface area contributed by atoms with Crippen molar-refractivity contribution in [2.45, 2.75) is 13.8 Å². The molecule has 1 aromatic carbocycles. The Morgan fingerprint density at radius 1 is 1.50 bits per heavy atom.